The second-order valence-corrected chi connectivity index (χ2v) is 5.24. The number of piperidine rings is 1. The summed E-state index contributed by atoms with van der Waals surface area (Å²) in [7, 11) is 0. The van der Waals surface area contributed by atoms with Crippen molar-refractivity contribution < 1.29 is 0 Å². The molecule has 1 atom stereocenters. The number of aromatic amines is 1. The molecule has 0 bridgehead atoms. The number of nitrogens with one attached hydrogen (secondary N) is 2. The molecular weight excluding hydrogens is 222 g/mol. The van der Waals surface area contributed by atoms with E-state index in [2.05, 4.69) is 40.4 Å². The molecular formula is C15H21N3. The van der Waals surface area contributed by atoms with Gasteiger partial charge in [-0.05, 0) is 43.5 Å². The lowest BCUT2D eigenvalue weighted by atomic mass is 9.98. The molecule has 1 aliphatic rings. The van der Waals surface area contributed by atoms with Gasteiger partial charge in [-0.2, -0.15) is 0 Å². The fourth-order valence-corrected chi connectivity index (χ4v) is 2.79. The zero-order valence-electron chi connectivity index (χ0n) is 11.0. The minimum Gasteiger partial charge on any atom is -0.342 e. The number of hydrogen-bond donors (Lipinski definition) is 2. The highest BCUT2D eigenvalue weighted by Crippen LogP contribution is 2.17. The first-order valence-corrected chi connectivity index (χ1v) is 7.06. The van der Waals surface area contributed by atoms with Gasteiger partial charge in [-0.1, -0.05) is 19.4 Å². The van der Waals surface area contributed by atoms with Crippen molar-refractivity contribution in [1.29, 1.82) is 0 Å². The van der Waals surface area contributed by atoms with Gasteiger partial charge < -0.3 is 10.3 Å². The van der Waals surface area contributed by atoms with Crippen LogP contribution < -0.4 is 5.32 Å². The summed E-state index contributed by atoms with van der Waals surface area (Å²) in [5, 5.41) is 3.61. The molecule has 0 aliphatic carbocycles. The van der Waals surface area contributed by atoms with Crippen LogP contribution in [-0.4, -0.2) is 22.6 Å². The highest BCUT2D eigenvalue weighted by molar-refractivity contribution is 5.75. The van der Waals surface area contributed by atoms with E-state index in [1.807, 2.05) is 0 Å². The van der Waals surface area contributed by atoms with Crippen LogP contribution in [0.1, 0.15) is 37.6 Å². The zero-order valence-corrected chi connectivity index (χ0v) is 11.0. The molecule has 3 heteroatoms. The summed E-state index contributed by atoms with van der Waals surface area (Å²) in [4.78, 5) is 7.94. The normalized spacial score (nSPS) is 20.4. The quantitative estimate of drug-likeness (QED) is 0.870. The van der Waals surface area contributed by atoms with Crippen molar-refractivity contribution in [2.75, 3.05) is 6.54 Å². The zero-order chi connectivity index (χ0) is 12.4. The van der Waals surface area contributed by atoms with Crippen LogP contribution in [0.25, 0.3) is 11.0 Å². The van der Waals surface area contributed by atoms with Crippen molar-refractivity contribution in [2.45, 2.75) is 45.1 Å². The van der Waals surface area contributed by atoms with E-state index in [9.17, 15) is 0 Å². The van der Waals surface area contributed by atoms with Crippen molar-refractivity contribution in [3.05, 3.63) is 29.6 Å². The van der Waals surface area contributed by atoms with E-state index in [0.717, 1.165) is 24.2 Å². The monoisotopic (exact) mass is 243 g/mol. The average Bonchev–Trinajstić information content (AvgIpc) is 2.82. The predicted octanol–water partition coefficient (Wildman–Crippen LogP) is 2.81. The summed E-state index contributed by atoms with van der Waals surface area (Å²) >= 11 is 0. The second kappa shape index (κ2) is 5.11. The standard InChI is InChI=1S/C15H21N3/c1-2-15-17-13-7-6-11(10-14(13)18-15)9-12-5-3-4-8-16-12/h6-7,10,12,16H,2-5,8-9H2,1H3,(H,17,18). The van der Waals surface area contributed by atoms with E-state index < -0.39 is 0 Å². The Morgan fingerprint density at radius 1 is 1.33 bits per heavy atom. The SMILES string of the molecule is CCc1nc2ccc(CC3CCCCN3)cc2[nH]1. The smallest absolute Gasteiger partial charge is 0.106 e. The maximum absolute atomic E-state index is 4.55. The van der Waals surface area contributed by atoms with Crippen molar-refractivity contribution in [3.63, 3.8) is 0 Å². The summed E-state index contributed by atoms with van der Waals surface area (Å²) in [6.45, 7) is 3.31. The van der Waals surface area contributed by atoms with E-state index >= 15 is 0 Å². The Balaban J connectivity index is 1.79. The number of aryl methyl sites for hydroxylation is 1. The summed E-state index contributed by atoms with van der Waals surface area (Å²) in [6.07, 6.45) is 6.10. The van der Waals surface area contributed by atoms with Crippen LogP contribution in [0.4, 0.5) is 0 Å². The maximum atomic E-state index is 4.55. The van der Waals surface area contributed by atoms with E-state index in [-0.39, 0.29) is 0 Å². The Kier molecular flexibility index (Phi) is 3.33. The number of imidazole rings is 1. The molecule has 96 valence electrons. The number of fused-ring (bicyclic) bond motifs is 1. The number of rotatable bonds is 3. The molecule has 1 aromatic carbocycles. The van der Waals surface area contributed by atoms with Crippen LogP contribution in [0, 0.1) is 0 Å². The van der Waals surface area contributed by atoms with Crippen LogP contribution in [0.5, 0.6) is 0 Å². The summed E-state index contributed by atoms with van der Waals surface area (Å²) in [5.41, 5.74) is 3.68. The van der Waals surface area contributed by atoms with Gasteiger partial charge >= 0.3 is 0 Å². The molecule has 2 N–H and O–H groups in total. The Labute approximate surface area is 108 Å². The largest absolute Gasteiger partial charge is 0.342 e. The van der Waals surface area contributed by atoms with Crippen molar-refractivity contribution in [3.8, 4) is 0 Å². The van der Waals surface area contributed by atoms with Gasteiger partial charge in [0.2, 0.25) is 0 Å². The number of H-pyrrole nitrogens is 1. The first-order valence-electron chi connectivity index (χ1n) is 7.06. The van der Waals surface area contributed by atoms with Gasteiger partial charge in [0.15, 0.2) is 0 Å². The lowest BCUT2D eigenvalue weighted by Gasteiger charge is -2.23. The molecule has 2 heterocycles. The molecule has 0 amide bonds. The van der Waals surface area contributed by atoms with Crippen LogP contribution >= 0.6 is 0 Å². The molecule has 18 heavy (non-hydrogen) atoms. The number of aromatic nitrogens is 2. The van der Waals surface area contributed by atoms with Gasteiger partial charge in [-0.15, -0.1) is 0 Å². The highest BCUT2D eigenvalue weighted by Gasteiger charge is 2.13. The first kappa shape index (κ1) is 11.7. The molecule has 1 aliphatic heterocycles. The molecule has 0 spiro atoms. The minimum absolute atomic E-state index is 0.657. The number of benzene rings is 1. The number of nitrogens with zero attached hydrogens (tertiary/aromatic N) is 1. The third-order valence-electron chi connectivity index (χ3n) is 3.82. The molecule has 1 unspecified atom stereocenters. The molecule has 1 aromatic heterocycles. The summed E-state index contributed by atoms with van der Waals surface area (Å²) in [5.74, 6) is 1.08. The van der Waals surface area contributed by atoms with E-state index in [0.29, 0.717) is 6.04 Å². The molecule has 2 aromatic rings. The maximum Gasteiger partial charge on any atom is 0.106 e. The molecule has 3 rings (SSSR count). The minimum atomic E-state index is 0.657. The van der Waals surface area contributed by atoms with Crippen LogP contribution in [-0.2, 0) is 12.8 Å². The fourth-order valence-electron chi connectivity index (χ4n) is 2.79. The van der Waals surface area contributed by atoms with Crippen LogP contribution in [0.2, 0.25) is 0 Å². The topological polar surface area (TPSA) is 40.7 Å². The molecule has 0 saturated carbocycles. The van der Waals surface area contributed by atoms with E-state index in [4.69, 9.17) is 0 Å². The van der Waals surface area contributed by atoms with Gasteiger partial charge in [0, 0.05) is 12.5 Å². The van der Waals surface area contributed by atoms with Crippen molar-refractivity contribution in [2.24, 2.45) is 0 Å². The first-order chi connectivity index (χ1) is 8.85. The predicted molar refractivity (Wildman–Crippen MR) is 74.8 cm³/mol. The van der Waals surface area contributed by atoms with Gasteiger partial charge in [-0.25, -0.2) is 4.98 Å². The lowest BCUT2D eigenvalue weighted by molar-refractivity contribution is 0.399. The Hall–Kier alpha value is -1.35. The van der Waals surface area contributed by atoms with Gasteiger partial charge in [0.25, 0.3) is 0 Å². The second-order valence-electron chi connectivity index (χ2n) is 5.24. The van der Waals surface area contributed by atoms with Crippen LogP contribution in [0.15, 0.2) is 18.2 Å². The summed E-state index contributed by atoms with van der Waals surface area (Å²) in [6, 6.07) is 7.28. The third-order valence-corrected chi connectivity index (χ3v) is 3.82. The lowest BCUT2D eigenvalue weighted by Crippen LogP contribution is -2.35. The van der Waals surface area contributed by atoms with Crippen molar-refractivity contribution >= 4 is 11.0 Å². The Bertz CT molecular complexity index is 524. The van der Waals surface area contributed by atoms with Gasteiger partial charge in [-0.3, -0.25) is 0 Å². The Morgan fingerprint density at radius 3 is 3.06 bits per heavy atom. The summed E-state index contributed by atoms with van der Waals surface area (Å²) < 4.78 is 0. The average molecular weight is 243 g/mol. The molecule has 3 nitrogen and oxygen atoms in total. The van der Waals surface area contributed by atoms with Crippen LogP contribution in [0.3, 0.4) is 0 Å². The van der Waals surface area contributed by atoms with Gasteiger partial charge in [0.05, 0.1) is 11.0 Å². The van der Waals surface area contributed by atoms with Gasteiger partial charge in [0.1, 0.15) is 5.82 Å². The highest BCUT2D eigenvalue weighted by atomic mass is 14.9. The number of hydrogen-bond acceptors (Lipinski definition) is 2. The Morgan fingerprint density at radius 2 is 2.28 bits per heavy atom. The van der Waals surface area contributed by atoms with E-state index in [1.54, 1.807) is 0 Å². The van der Waals surface area contributed by atoms with E-state index in [1.165, 1.54) is 36.9 Å². The fraction of sp³-hybridized carbons (Fsp3) is 0.533. The third kappa shape index (κ3) is 2.41. The van der Waals surface area contributed by atoms with Crippen molar-refractivity contribution in [1.82, 2.24) is 15.3 Å². The molecule has 1 fully saturated rings. The molecule has 1 saturated heterocycles. The molecule has 0 radical (unpaired) electrons.